The van der Waals surface area contributed by atoms with Crippen molar-refractivity contribution in [3.8, 4) is 5.75 Å². The first kappa shape index (κ1) is 24.8. The van der Waals surface area contributed by atoms with E-state index in [1.165, 1.54) is 12.8 Å². The fourth-order valence-corrected chi connectivity index (χ4v) is 4.85. The number of nitrogens with zero attached hydrogens (tertiary/aromatic N) is 2. The molecule has 0 fully saturated rings. The minimum atomic E-state index is -0.654. The summed E-state index contributed by atoms with van der Waals surface area (Å²) in [7, 11) is 0. The summed E-state index contributed by atoms with van der Waals surface area (Å²) in [5, 5.41) is 0.477. The molecule has 1 amide bonds. The Morgan fingerprint density at radius 2 is 1.70 bits per heavy atom. The molecule has 0 radical (unpaired) electrons. The van der Waals surface area contributed by atoms with Crippen LogP contribution in [-0.4, -0.2) is 17.5 Å². The zero-order valence-corrected chi connectivity index (χ0v) is 21.8. The number of benzene rings is 2. The molecule has 3 heterocycles. The number of hydrogen-bond acceptors (Lipinski definition) is 5. The van der Waals surface area contributed by atoms with Gasteiger partial charge >= 0.3 is 0 Å². The van der Waals surface area contributed by atoms with Crippen molar-refractivity contribution in [2.75, 3.05) is 11.5 Å². The van der Waals surface area contributed by atoms with Crippen molar-refractivity contribution in [3.05, 3.63) is 98.5 Å². The second-order valence-corrected chi connectivity index (χ2v) is 9.86. The van der Waals surface area contributed by atoms with Gasteiger partial charge in [0, 0.05) is 6.20 Å². The number of carbonyl (C=O) groups is 1. The normalized spacial score (nSPS) is 14.9. The molecule has 37 heavy (non-hydrogen) atoms. The first-order valence-corrected chi connectivity index (χ1v) is 13.0. The van der Waals surface area contributed by atoms with Gasteiger partial charge < -0.3 is 9.15 Å². The van der Waals surface area contributed by atoms with Gasteiger partial charge in [0.25, 0.3) is 5.91 Å². The monoisotopic (exact) mass is 496 g/mol. The molecule has 190 valence electrons. The van der Waals surface area contributed by atoms with Crippen molar-refractivity contribution < 1.29 is 13.9 Å². The molecule has 0 saturated heterocycles. The first-order valence-electron chi connectivity index (χ1n) is 13.0. The lowest BCUT2D eigenvalue weighted by Gasteiger charge is -2.24. The molecule has 6 heteroatoms. The van der Waals surface area contributed by atoms with Gasteiger partial charge in [-0.05, 0) is 79.8 Å². The van der Waals surface area contributed by atoms with Crippen LogP contribution in [0.5, 0.6) is 5.75 Å². The lowest BCUT2D eigenvalue weighted by molar-refractivity contribution is 0.0970. The molecule has 1 aliphatic rings. The fraction of sp³-hybridized carbons (Fsp3) is 0.323. The van der Waals surface area contributed by atoms with Gasteiger partial charge in [-0.1, -0.05) is 44.4 Å². The highest BCUT2D eigenvalue weighted by molar-refractivity contribution is 6.10. The Balaban J connectivity index is 1.59. The summed E-state index contributed by atoms with van der Waals surface area (Å²) in [5.74, 6) is 0.940. The summed E-state index contributed by atoms with van der Waals surface area (Å²) in [6.07, 6.45) is 6.27. The molecule has 1 aliphatic heterocycles. The van der Waals surface area contributed by atoms with Crippen molar-refractivity contribution in [3.63, 3.8) is 0 Å². The summed E-state index contributed by atoms with van der Waals surface area (Å²) >= 11 is 0. The van der Waals surface area contributed by atoms with Crippen LogP contribution in [0, 0.1) is 20.8 Å². The first-order chi connectivity index (χ1) is 17.9. The molecular formula is C31H32N2O4. The van der Waals surface area contributed by atoms with Crippen molar-refractivity contribution in [1.29, 1.82) is 0 Å². The van der Waals surface area contributed by atoms with Gasteiger partial charge in [-0.15, -0.1) is 0 Å². The summed E-state index contributed by atoms with van der Waals surface area (Å²) in [6.45, 7) is 8.72. The van der Waals surface area contributed by atoms with Crippen LogP contribution >= 0.6 is 0 Å². The van der Waals surface area contributed by atoms with Crippen LogP contribution in [0.3, 0.4) is 0 Å². The number of carbonyl (C=O) groups excluding carboxylic acids is 1. The number of amides is 1. The second-order valence-electron chi connectivity index (χ2n) is 9.86. The maximum absolute atomic E-state index is 13.9. The van der Waals surface area contributed by atoms with Gasteiger partial charge in [0.05, 0.1) is 23.6 Å². The van der Waals surface area contributed by atoms with E-state index in [2.05, 4.69) is 11.9 Å². The van der Waals surface area contributed by atoms with Crippen LogP contribution in [0.25, 0.3) is 11.0 Å². The fourth-order valence-electron chi connectivity index (χ4n) is 4.85. The quantitative estimate of drug-likeness (QED) is 0.250. The Hall–Kier alpha value is -3.93. The van der Waals surface area contributed by atoms with Crippen LogP contribution in [0.2, 0.25) is 0 Å². The number of hydrogen-bond donors (Lipinski definition) is 0. The van der Waals surface area contributed by atoms with Gasteiger partial charge in [0.1, 0.15) is 17.2 Å². The third-order valence-electron chi connectivity index (χ3n) is 7.09. The minimum Gasteiger partial charge on any atom is -0.494 e. The molecule has 2 aromatic carbocycles. The molecule has 2 aromatic heterocycles. The van der Waals surface area contributed by atoms with Crippen LogP contribution in [0.4, 0.5) is 5.82 Å². The van der Waals surface area contributed by atoms with Crippen molar-refractivity contribution in [1.82, 2.24) is 4.98 Å². The topological polar surface area (TPSA) is 72.6 Å². The van der Waals surface area contributed by atoms with E-state index in [9.17, 15) is 9.59 Å². The van der Waals surface area contributed by atoms with Crippen molar-refractivity contribution >= 4 is 22.7 Å². The molecule has 4 aromatic rings. The molecule has 1 atom stereocenters. The third-order valence-corrected chi connectivity index (χ3v) is 7.09. The Bertz CT molecular complexity index is 1500. The van der Waals surface area contributed by atoms with E-state index < -0.39 is 6.04 Å². The Labute approximate surface area is 216 Å². The number of aromatic nitrogens is 1. The average molecular weight is 497 g/mol. The van der Waals surface area contributed by atoms with Gasteiger partial charge in [0.2, 0.25) is 5.76 Å². The number of aryl methyl sites for hydroxylation is 3. The summed E-state index contributed by atoms with van der Waals surface area (Å²) in [5.41, 5.74) is 4.35. The predicted molar refractivity (Wildman–Crippen MR) is 146 cm³/mol. The van der Waals surface area contributed by atoms with E-state index in [1.807, 2.05) is 63.2 Å². The average Bonchev–Trinajstić information content (AvgIpc) is 3.18. The number of unbranched alkanes of at least 4 members (excludes halogenated alkanes) is 3. The predicted octanol–water partition coefficient (Wildman–Crippen LogP) is 6.82. The standard InChI is InChI=1S/C31H32N2O4/c1-5-6-7-8-15-36-23-12-10-22(11-13-23)28-27-29(34)24-16-20(3)21(4)17-25(24)37-30(27)31(35)33(28)26-14-9-19(2)18-32-26/h9-14,16-18,28H,5-8,15H2,1-4H3. The Morgan fingerprint density at radius 3 is 2.41 bits per heavy atom. The van der Waals surface area contributed by atoms with E-state index in [0.29, 0.717) is 29.0 Å². The highest BCUT2D eigenvalue weighted by Crippen LogP contribution is 2.41. The molecule has 6 nitrogen and oxygen atoms in total. The number of ether oxygens (including phenoxy) is 1. The summed E-state index contributed by atoms with van der Waals surface area (Å²) in [6, 6.07) is 14.4. The summed E-state index contributed by atoms with van der Waals surface area (Å²) in [4.78, 5) is 33.7. The van der Waals surface area contributed by atoms with E-state index >= 15 is 0 Å². The Morgan fingerprint density at radius 1 is 0.946 bits per heavy atom. The summed E-state index contributed by atoms with van der Waals surface area (Å²) < 4.78 is 12.0. The molecule has 1 unspecified atom stereocenters. The SMILES string of the molecule is CCCCCCOc1ccc(C2c3c(oc4cc(C)c(C)cc4c3=O)C(=O)N2c2ccc(C)cn2)cc1. The van der Waals surface area contributed by atoms with E-state index in [4.69, 9.17) is 9.15 Å². The molecule has 0 saturated carbocycles. The van der Waals surface area contributed by atoms with E-state index in [0.717, 1.165) is 40.8 Å². The van der Waals surface area contributed by atoms with Crippen LogP contribution in [-0.2, 0) is 0 Å². The van der Waals surface area contributed by atoms with Gasteiger partial charge in [-0.3, -0.25) is 14.5 Å². The van der Waals surface area contributed by atoms with Crippen molar-refractivity contribution in [2.24, 2.45) is 0 Å². The number of fused-ring (bicyclic) bond motifs is 2. The highest BCUT2D eigenvalue weighted by Gasteiger charge is 2.44. The van der Waals surface area contributed by atoms with E-state index in [1.54, 1.807) is 17.2 Å². The Kier molecular flexibility index (Phi) is 6.83. The van der Waals surface area contributed by atoms with Gasteiger partial charge in [-0.2, -0.15) is 0 Å². The molecule has 0 spiro atoms. The molecule has 0 bridgehead atoms. The van der Waals surface area contributed by atoms with Crippen LogP contribution in [0.15, 0.2) is 63.9 Å². The third kappa shape index (κ3) is 4.64. The number of anilines is 1. The maximum atomic E-state index is 13.9. The molecular weight excluding hydrogens is 464 g/mol. The van der Waals surface area contributed by atoms with Gasteiger partial charge in [0.15, 0.2) is 5.43 Å². The lowest BCUT2D eigenvalue weighted by Crippen LogP contribution is -2.30. The largest absolute Gasteiger partial charge is 0.494 e. The number of pyridine rings is 1. The lowest BCUT2D eigenvalue weighted by atomic mass is 9.97. The zero-order chi connectivity index (χ0) is 26.1. The maximum Gasteiger partial charge on any atom is 0.296 e. The molecule has 0 aliphatic carbocycles. The molecule has 5 rings (SSSR count). The number of rotatable bonds is 8. The van der Waals surface area contributed by atoms with Gasteiger partial charge in [-0.25, -0.2) is 4.98 Å². The van der Waals surface area contributed by atoms with E-state index in [-0.39, 0.29) is 17.1 Å². The highest BCUT2D eigenvalue weighted by atomic mass is 16.5. The molecule has 0 N–H and O–H groups in total. The zero-order valence-electron chi connectivity index (χ0n) is 21.8. The van der Waals surface area contributed by atoms with Crippen molar-refractivity contribution in [2.45, 2.75) is 59.4 Å². The second kappa shape index (κ2) is 10.2. The van der Waals surface area contributed by atoms with Crippen LogP contribution in [0.1, 0.15) is 77.0 Å². The smallest absolute Gasteiger partial charge is 0.296 e. The minimum absolute atomic E-state index is 0.0735. The van der Waals surface area contributed by atoms with Crippen LogP contribution < -0.4 is 15.1 Å².